The number of nitrogens with two attached hydrogens (primary N) is 1. The molecule has 0 fully saturated rings. The average molecular weight is 288 g/mol. The van der Waals surface area contributed by atoms with Crippen LogP contribution < -0.4 is 5.32 Å². The highest BCUT2D eigenvalue weighted by atomic mass is 14.9. The second-order valence-corrected chi connectivity index (χ2v) is 6.28. The molecular weight excluding hydrogens is 266 g/mol. The fourth-order valence-corrected chi connectivity index (χ4v) is 3.78. The minimum atomic E-state index is 0.615. The molecule has 1 heteroatoms. The molecule has 0 aromatic heterocycles. The van der Waals surface area contributed by atoms with Gasteiger partial charge in [-0.05, 0) is 29.2 Å². The SMILES string of the molecule is c1ccc2c(c1)CCC[C@@H]2[NH2+]Cc1cccc2ccccc12. The smallest absolute Gasteiger partial charge is 0.112 e. The van der Waals surface area contributed by atoms with Crippen molar-refractivity contribution in [2.75, 3.05) is 0 Å². The molecule has 3 aromatic rings. The molecule has 0 aliphatic heterocycles. The Balaban J connectivity index is 1.58. The highest BCUT2D eigenvalue weighted by molar-refractivity contribution is 5.85. The molecule has 1 aliphatic rings. The summed E-state index contributed by atoms with van der Waals surface area (Å²) in [5, 5.41) is 5.27. The Kier molecular flexibility index (Phi) is 3.65. The van der Waals surface area contributed by atoms with Crippen molar-refractivity contribution >= 4 is 10.8 Å². The van der Waals surface area contributed by atoms with E-state index < -0.39 is 0 Å². The third-order valence-electron chi connectivity index (χ3n) is 4.92. The maximum atomic E-state index is 2.53. The Bertz CT molecular complexity index is 785. The summed E-state index contributed by atoms with van der Waals surface area (Å²) in [7, 11) is 0. The van der Waals surface area contributed by atoms with E-state index in [2.05, 4.69) is 72.0 Å². The second-order valence-electron chi connectivity index (χ2n) is 6.28. The molecule has 0 amide bonds. The van der Waals surface area contributed by atoms with Crippen LogP contribution in [0.2, 0.25) is 0 Å². The van der Waals surface area contributed by atoms with Crippen LogP contribution in [0, 0.1) is 0 Å². The van der Waals surface area contributed by atoms with Crippen LogP contribution in [-0.2, 0) is 13.0 Å². The van der Waals surface area contributed by atoms with Crippen LogP contribution in [0.3, 0.4) is 0 Å². The summed E-state index contributed by atoms with van der Waals surface area (Å²) in [6.07, 6.45) is 3.85. The lowest BCUT2D eigenvalue weighted by Gasteiger charge is -2.24. The minimum Gasteiger partial charge on any atom is -0.336 e. The zero-order valence-electron chi connectivity index (χ0n) is 12.8. The van der Waals surface area contributed by atoms with Crippen molar-refractivity contribution in [1.29, 1.82) is 0 Å². The van der Waals surface area contributed by atoms with Gasteiger partial charge in [0.2, 0.25) is 0 Å². The van der Waals surface area contributed by atoms with Crippen LogP contribution in [0.15, 0.2) is 66.7 Å². The third-order valence-corrected chi connectivity index (χ3v) is 4.92. The van der Waals surface area contributed by atoms with Crippen molar-refractivity contribution in [1.82, 2.24) is 0 Å². The quantitative estimate of drug-likeness (QED) is 0.750. The summed E-state index contributed by atoms with van der Waals surface area (Å²) in [6.45, 7) is 1.06. The molecule has 1 aliphatic carbocycles. The molecule has 0 unspecified atom stereocenters. The number of aryl methyl sites for hydroxylation is 1. The maximum Gasteiger partial charge on any atom is 0.112 e. The number of quaternary nitrogens is 1. The maximum absolute atomic E-state index is 2.53. The van der Waals surface area contributed by atoms with Gasteiger partial charge in [0.05, 0.1) is 0 Å². The van der Waals surface area contributed by atoms with Crippen molar-refractivity contribution in [3.05, 3.63) is 83.4 Å². The average Bonchev–Trinajstić information content (AvgIpc) is 2.60. The van der Waals surface area contributed by atoms with Crippen molar-refractivity contribution in [2.24, 2.45) is 0 Å². The van der Waals surface area contributed by atoms with E-state index in [1.54, 1.807) is 11.1 Å². The first kappa shape index (κ1) is 13.5. The third kappa shape index (κ3) is 2.53. The van der Waals surface area contributed by atoms with E-state index in [0.29, 0.717) is 6.04 Å². The molecule has 0 saturated heterocycles. The van der Waals surface area contributed by atoms with Gasteiger partial charge in [-0.15, -0.1) is 0 Å². The number of rotatable bonds is 3. The Morgan fingerprint density at radius 3 is 2.68 bits per heavy atom. The first-order chi connectivity index (χ1) is 10.9. The zero-order chi connectivity index (χ0) is 14.8. The van der Waals surface area contributed by atoms with E-state index in [1.807, 2.05) is 0 Å². The second kappa shape index (κ2) is 5.94. The van der Waals surface area contributed by atoms with Gasteiger partial charge in [0.15, 0.2) is 0 Å². The van der Waals surface area contributed by atoms with Crippen molar-refractivity contribution < 1.29 is 5.32 Å². The normalized spacial score (nSPS) is 17.4. The predicted octanol–water partition coefficient (Wildman–Crippen LogP) is 3.98. The lowest BCUT2D eigenvalue weighted by molar-refractivity contribution is -0.712. The summed E-state index contributed by atoms with van der Waals surface area (Å²) in [6, 6.07) is 24.9. The number of fused-ring (bicyclic) bond motifs is 2. The Hall–Kier alpha value is -2.12. The van der Waals surface area contributed by atoms with Crippen LogP contribution in [0.5, 0.6) is 0 Å². The Labute approximate surface area is 132 Å². The molecule has 3 aromatic carbocycles. The van der Waals surface area contributed by atoms with E-state index >= 15 is 0 Å². The number of benzene rings is 3. The van der Waals surface area contributed by atoms with Crippen molar-refractivity contribution in [3.8, 4) is 0 Å². The molecule has 0 spiro atoms. The predicted molar refractivity (Wildman–Crippen MR) is 91.7 cm³/mol. The van der Waals surface area contributed by atoms with E-state index in [9.17, 15) is 0 Å². The van der Waals surface area contributed by atoms with E-state index in [4.69, 9.17) is 0 Å². The van der Waals surface area contributed by atoms with Gasteiger partial charge in [0, 0.05) is 17.5 Å². The van der Waals surface area contributed by atoms with E-state index in [-0.39, 0.29) is 0 Å². The lowest BCUT2D eigenvalue weighted by atomic mass is 9.87. The molecule has 1 nitrogen and oxygen atoms in total. The summed E-state index contributed by atoms with van der Waals surface area (Å²) >= 11 is 0. The fourth-order valence-electron chi connectivity index (χ4n) is 3.78. The largest absolute Gasteiger partial charge is 0.336 e. The van der Waals surface area contributed by atoms with Gasteiger partial charge in [-0.2, -0.15) is 0 Å². The number of hydrogen-bond donors (Lipinski definition) is 1. The van der Waals surface area contributed by atoms with Gasteiger partial charge < -0.3 is 5.32 Å². The monoisotopic (exact) mass is 288 g/mol. The van der Waals surface area contributed by atoms with Crippen LogP contribution in [0.25, 0.3) is 10.8 Å². The molecular formula is C21H22N+. The van der Waals surface area contributed by atoms with Crippen LogP contribution in [0.4, 0.5) is 0 Å². The molecule has 110 valence electrons. The highest BCUT2D eigenvalue weighted by Gasteiger charge is 2.22. The molecule has 2 N–H and O–H groups in total. The number of hydrogen-bond acceptors (Lipinski definition) is 0. The van der Waals surface area contributed by atoms with Crippen molar-refractivity contribution in [3.63, 3.8) is 0 Å². The molecule has 0 saturated carbocycles. The summed E-state index contributed by atoms with van der Waals surface area (Å²) in [5.74, 6) is 0. The molecule has 22 heavy (non-hydrogen) atoms. The van der Waals surface area contributed by atoms with E-state index in [1.165, 1.54) is 35.6 Å². The van der Waals surface area contributed by atoms with Gasteiger partial charge in [0.1, 0.15) is 12.6 Å². The summed E-state index contributed by atoms with van der Waals surface area (Å²) in [4.78, 5) is 0. The van der Waals surface area contributed by atoms with Crippen LogP contribution in [0.1, 0.15) is 35.6 Å². The van der Waals surface area contributed by atoms with Crippen molar-refractivity contribution in [2.45, 2.75) is 31.8 Å². The Morgan fingerprint density at radius 2 is 1.68 bits per heavy atom. The fraction of sp³-hybridized carbons (Fsp3) is 0.238. The first-order valence-electron chi connectivity index (χ1n) is 8.29. The summed E-state index contributed by atoms with van der Waals surface area (Å²) in [5.41, 5.74) is 4.54. The molecule has 0 heterocycles. The van der Waals surface area contributed by atoms with Gasteiger partial charge in [-0.25, -0.2) is 0 Å². The lowest BCUT2D eigenvalue weighted by Crippen LogP contribution is -2.84. The Morgan fingerprint density at radius 1 is 0.864 bits per heavy atom. The molecule has 0 radical (unpaired) electrons. The van der Waals surface area contributed by atoms with Gasteiger partial charge in [-0.1, -0.05) is 66.7 Å². The minimum absolute atomic E-state index is 0.615. The van der Waals surface area contributed by atoms with Gasteiger partial charge in [-0.3, -0.25) is 0 Å². The standard InChI is InChI=1S/C21H21N/c1-3-12-19-16(7-1)9-5-11-18(19)15-22-21-14-6-10-17-8-2-4-13-20(17)21/h1-5,7-9,11-13,21-22H,6,10,14-15H2/p+1/t21-/m0/s1. The molecule has 4 rings (SSSR count). The van der Waals surface area contributed by atoms with Gasteiger partial charge >= 0.3 is 0 Å². The zero-order valence-corrected chi connectivity index (χ0v) is 12.8. The topological polar surface area (TPSA) is 16.6 Å². The molecule has 0 bridgehead atoms. The highest BCUT2D eigenvalue weighted by Crippen LogP contribution is 2.27. The first-order valence-corrected chi connectivity index (χ1v) is 8.29. The molecule has 1 atom stereocenters. The van der Waals surface area contributed by atoms with Crippen LogP contribution in [-0.4, -0.2) is 0 Å². The van der Waals surface area contributed by atoms with E-state index in [0.717, 1.165) is 6.54 Å². The van der Waals surface area contributed by atoms with Gasteiger partial charge in [0.25, 0.3) is 0 Å². The van der Waals surface area contributed by atoms with Crippen LogP contribution >= 0.6 is 0 Å². The summed E-state index contributed by atoms with van der Waals surface area (Å²) < 4.78 is 0.